The van der Waals surface area contributed by atoms with Crippen LogP contribution in [0, 0.1) is 0 Å². The van der Waals surface area contributed by atoms with Gasteiger partial charge in [-0.15, -0.1) is 0 Å². The average Bonchev–Trinajstić information content (AvgIpc) is 2.55. The fourth-order valence-corrected chi connectivity index (χ4v) is 2.20. The van der Waals surface area contributed by atoms with Crippen LogP contribution in [0.2, 0.25) is 0 Å². The maximum atomic E-state index is 9.92. The number of benzene rings is 1. The second-order valence-electron chi connectivity index (χ2n) is 4.96. The third-order valence-corrected chi connectivity index (χ3v) is 3.50. The summed E-state index contributed by atoms with van der Waals surface area (Å²) in [5.41, 5.74) is 0.609. The van der Waals surface area contributed by atoms with Crippen molar-refractivity contribution in [1.82, 2.24) is 0 Å². The number of hydrogen-bond acceptors (Lipinski definition) is 8. The summed E-state index contributed by atoms with van der Waals surface area (Å²) < 4.78 is 15.9. The average molecular weight is 316 g/mol. The molecule has 0 amide bonds. The standard InChI is InChI=1S/C14H20O8/c1-20-9-4-7(5-15)2-3-8(9)21-14-13(19)12(18)11(17)10(6-16)22-14/h2-4,10-19H,5-6H2,1H3/t10-,11-,12+,13-,14+/m1/s1. The number of aliphatic hydroxyl groups excluding tert-OH is 5. The van der Waals surface area contributed by atoms with E-state index >= 15 is 0 Å². The summed E-state index contributed by atoms with van der Waals surface area (Å²) in [6.07, 6.45) is -6.80. The molecule has 1 heterocycles. The second-order valence-corrected chi connectivity index (χ2v) is 4.96. The van der Waals surface area contributed by atoms with Crippen molar-refractivity contribution in [2.24, 2.45) is 0 Å². The summed E-state index contributed by atoms with van der Waals surface area (Å²) in [4.78, 5) is 0. The zero-order valence-electron chi connectivity index (χ0n) is 12.0. The van der Waals surface area contributed by atoms with E-state index in [2.05, 4.69) is 0 Å². The van der Waals surface area contributed by atoms with Crippen molar-refractivity contribution in [3.63, 3.8) is 0 Å². The van der Waals surface area contributed by atoms with Crippen LogP contribution in [0.4, 0.5) is 0 Å². The van der Waals surface area contributed by atoms with Crippen LogP contribution in [0.15, 0.2) is 18.2 Å². The first-order valence-corrected chi connectivity index (χ1v) is 6.76. The van der Waals surface area contributed by atoms with E-state index in [1.807, 2.05) is 0 Å². The smallest absolute Gasteiger partial charge is 0.229 e. The van der Waals surface area contributed by atoms with Gasteiger partial charge in [0, 0.05) is 0 Å². The molecule has 0 saturated carbocycles. The molecule has 5 N–H and O–H groups in total. The van der Waals surface area contributed by atoms with Gasteiger partial charge in [0.25, 0.3) is 0 Å². The molecule has 1 fully saturated rings. The number of ether oxygens (including phenoxy) is 3. The van der Waals surface area contributed by atoms with Gasteiger partial charge in [0.05, 0.1) is 20.3 Å². The van der Waals surface area contributed by atoms with Crippen LogP contribution in [-0.4, -0.2) is 70.0 Å². The molecule has 0 unspecified atom stereocenters. The van der Waals surface area contributed by atoms with Gasteiger partial charge in [0.15, 0.2) is 11.5 Å². The maximum absolute atomic E-state index is 9.92. The summed E-state index contributed by atoms with van der Waals surface area (Å²) in [7, 11) is 1.41. The first kappa shape index (κ1) is 16.9. The molecule has 124 valence electrons. The van der Waals surface area contributed by atoms with Crippen molar-refractivity contribution in [2.45, 2.75) is 37.3 Å². The molecule has 1 aliphatic heterocycles. The molecule has 0 aromatic heterocycles. The van der Waals surface area contributed by atoms with E-state index in [1.54, 1.807) is 12.1 Å². The fourth-order valence-electron chi connectivity index (χ4n) is 2.20. The third-order valence-electron chi connectivity index (χ3n) is 3.50. The van der Waals surface area contributed by atoms with Gasteiger partial charge in [-0.05, 0) is 17.7 Å². The Bertz CT molecular complexity index is 492. The number of methoxy groups -OCH3 is 1. The fraction of sp³-hybridized carbons (Fsp3) is 0.571. The van der Waals surface area contributed by atoms with Gasteiger partial charge in [-0.2, -0.15) is 0 Å². The Labute approximate surface area is 127 Å². The summed E-state index contributed by atoms with van der Waals surface area (Å²) in [6.45, 7) is -0.706. The Balaban J connectivity index is 2.18. The third kappa shape index (κ3) is 3.32. The Morgan fingerprint density at radius 2 is 1.77 bits per heavy atom. The van der Waals surface area contributed by atoms with Gasteiger partial charge in [0.2, 0.25) is 6.29 Å². The number of hydrogen-bond donors (Lipinski definition) is 5. The minimum atomic E-state index is -1.52. The molecule has 1 aromatic carbocycles. The number of rotatable bonds is 5. The summed E-state index contributed by atoms with van der Waals surface area (Å²) in [5.74, 6) is 0.535. The first-order valence-electron chi connectivity index (χ1n) is 6.76. The molecule has 8 nitrogen and oxygen atoms in total. The summed E-state index contributed by atoms with van der Waals surface area (Å²) in [5, 5.41) is 47.6. The van der Waals surface area contributed by atoms with Crippen molar-refractivity contribution in [3.8, 4) is 11.5 Å². The van der Waals surface area contributed by atoms with Gasteiger partial charge < -0.3 is 39.7 Å². The van der Waals surface area contributed by atoms with Crippen molar-refractivity contribution < 1.29 is 39.7 Å². The molecular weight excluding hydrogens is 296 g/mol. The highest BCUT2D eigenvalue weighted by atomic mass is 16.7. The summed E-state index contributed by atoms with van der Waals surface area (Å²) in [6, 6.07) is 4.67. The molecule has 0 spiro atoms. The monoisotopic (exact) mass is 316 g/mol. The first-order chi connectivity index (χ1) is 10.5. The lowest BCUT2D eigenvalue weighted by atomic mass is 9.99. The Morgan fingerprint density at radius 1 is 1.05 bits per heavy atom. The van der Waals surface area contributed by atoms with Crippen molar-refractivity contribution in [1.29, 1.82) is 0 Å². The zero-order valence-corrected chi connectivity index (χ0v) is 12.0. The van der Waals surface area contributed by atoms with Crippen LogP contribution >= 0.6 is 0 Å². The molecule has 1 saturated heterocycles. The minimum absolute atomic E-state index is 0.170. The van der Waals surface area contributed by atoms with E-state index in [0.717, 1.165) is 0 Å². The minimum Gasteiger partial charge on any atom is -0.493 e. The van der Waals surface area contributed by atoms with E-state index in [1.165, 1.54) is 13.2 Å². The molecule has 0 bridgehead atoms. The van der Waals surface area contributed by atoms with E-state index < -0.39 is 37.3 Å². The highest BCUT2D eigenvalue weighted by Crippen LogP contribution is 2.31. The predicted octanol–water partition coefficient (Wildman–Crippen LogP) is -1.63. The van der Waals surface area contributed by atoms with Crippen molar-refractivity contribution in [2.75, 3.05) is 13.7 Å². The lowest BCUT2D eigenvalue weighted by molar-refractivity contribution is -0.277. The molecule has 1 aliphatic rings. The van der Waals surface area contributed by atoms with Crippen LogP contribution in [0.5, 0.6) is 11.5 Å². The van der Waals surface area contributed by atoms with Crippen LogP contribution in [0.1, 0.15) is 5.56 Å². The highest BCUT2D eigenvalue weighted by molar-refractivity contribution is 5.42. The molecule has 8 heteroatoms. The quantitative estimate of drug-likeness (QED) is 0.438. The molecular formula is C14H20O8. The predicted molar refractivity (Wildman–Crippen MR) is 73.3 cm³/mol. The molecule has 2 rings (SSSR count). The van der Waals surface area contributed by atoms with Gasteiger partial charge in [0.1, 0.15) is 24.4 Å². The van der Waals surface area contributed by atoms with Crippen LogP contribution in [0.3, 0.4) is 0 Å². The molecule has 0 aliphatic carbocycles. The van der Waals surface area contributed by atoms with Gasteiger partial charge in [-0.25, -0.2) is 0 Å². The lowest BCUT2D eigenvalue weighted by Crippen LogP contribution is -2.60. The van der Waals surface area contributed by atoms with Crippen molar-refractivity contribution >= 4 is 0 Å². The SMILES string of the molecule is COc1cc(CO)ccc1O[C@H]1O[C@H](CO)[C@@H](O)[C@H](O)[C@H]1O. The normalized spacial score (nSPS) is 31.8. The number of aliphatic hydroxyl groups is 5. The highest BCUT2D eigenvalue weighted by Gasteiger charge is 2.44. The van der Waals surface area contributed by atoms with Crippen LogP contribution in [0.25, 0.3) is 0 Å². The zero-order chi connectivity index (χ0) is 16.3. The van der Waals surface area contributed by atoms with Gasteiger partial charge in [-0.1, -0.05) is 6.07 Å². The Morgan fingerprint density at radius 3 is 2.36 bits per heavy atom. The maximum Gasteiger partial charge on any atom is 0.229 e. The molecule has 5 atom stereocenters. The molecule has 22 heavy (non-hydrogen) atoms. The largest absolute Gasteiger partial charge is 0.493 e. The van der Waals surface area contributed by atoms with E-state index in [4.69, 9.17) is 24.4 Å². The second kappa shape index (κ2) is 7.23. The van der Waals surface area contributed by atoms with Crippen LogP contribution < -0.4 is 9.47 Å². The topological polar surface area (TPSA) is 129 Å². The van der Waals surface area contributed by atoms with Crippen molar-refractivity contribution in [3.05, 3.63) is 23.8 Å². The van der Waals surface area contributed by atoms with Gasteiger partial charge >= 0.3 is 0 Å². The summed E-state index contributed by atoms with van der Waals surface area (Å²) >= 11 is 0. The Kier molecular flexibility index (Phi) is 5.57. The molecule has 1 aromatic rings. The van der Waals surface area contributed by atoms with E-state index in [9.17, 15) is 15.3 Å². The molecule has 0 radical (unpaired) electrons. The Hall–Kier alpha value is -1.42. The van der Waals surface area contributed by atoms with E-state index in [0.29, 0.717) is 11.3 Å². The van der Waals surface area contributed by atoms with E-state index in [-0.39, 0.29) is 12.4 Å². The lowest BCUT2D eigenvalue weighted by Gasteiger charge is -2.39. The van der Waals surface area contributed by atoms with Gasteiger partial charge in [-0.3, -0.25) is 0 Å². The van der Waals surface area contributed by atoms with Crippen LogP contribution in [-0.2, 0) is 11.3 Å².